The van der Waals surface area contributed by atoms with Gasteiger partial charge in [-0.05, 0) is 25.3 Å². The Morgan fingerprint density at radius 3 is 2.94 bits per heavy atom. The number of aliphatic carboxylic acids is 1. The molecule has 0 radical (unpaired) electrons. The van der Waals surface area contributed by atoms with E-state index in [1.165, 1.54) is 4.68 Å². The molecule has 1 aromatic heterocycles. The van der Waals surface area contributed by atoms with Gasteiger partial charge < -0.3 is 5.11 Å². The zero-order valence-electron chi connectivity index (χ0n) is 10.4. The Bertz CT molecular complexity index is 539. The lowest BCUT2D eigenvalue weighted by Crippen LogP contribution is -2.25. The van der Waals surface area contributed by atoms with Crippen LogP contribution in [0, 0.1) is 0 Å². The fraction of sp³-hybridized carbons (Fsp3) is 0.583. The average molecular weight is 251 g/mol. The molecule has 6 heteroatoms. The molecule has 0 amide bonds. The molecule has 0 atom stereocenters. The van der Waals surface area contributed by atoms with E-state index in [0.29, 0.717) is 5.57 Å². The number of hydrogen-bond acceptors (Lipinski definition) is 3. The lowest BCUT2D eigenvalue weighted by Gasteiger charge is -1.99. The molecule has 0 bridgehead atoms. The maximum absolute atomic E-state index is 12.1. The lowest BCUT2D eigenvalue weighted by molar-refractivity contribution is -0.131. The summed E-state index contributed by atoms with van der Waals surface area (Å²) in [7, 11) is 0. The number of fused-ring (bicyclic) bond motifs is 1. The van der Waals surface area contributed by atoms with E-state index >= 15 is 0 Å². The normalized spacial score (nSPS) is 16.2. The molecule has 0 fully saturated rings. The summed E-state index contributed by atoms with van der Waals surface area (Å²) in [6, 6.07) is 0. The van der Waals surface area contributed by atoms with Gasteiger partial charge in [-0.2, -0.15) is 5.10 Å². The highest BCUT2D eigenvalue weighted by Crippen LogP contribution is 2.10. The predicted octanol–water partition coefficient (Wildman–Crippen LogP) is 0.802. The number of aromatic nitrogens is 3. The van der Waals surface area contributed by atoms with Gasteiger partial charge in [-0.25, -0.2) is 14.3 Å². The van der Waals surface area contributed by atoms with Gasteiger partial charge in [0.05, 0.1) is 6.54 Å². The van der Waals surface area contributed by atoms with Crippen LogP contribution in [0.25, 0.3) is 0 Å². The molecule has 1 aliphatic heterocycles. The second kappa shape index (κ2) is 5.20. The van der Waals surface area contributed by atoms with Crippen LogP contribution in [0.5, 0.6) is 0 Å². The van der Waals surface area contributed by atoms with Crippen molar-refractivity contribution in [3.8, 4) is 0 Å². The summed E-state index contributed by atoms with van der Waals surface area (Å²) in [6.07, 6.45) is 5.12. The topological polar surface area (TPSA) is 77.1 Å². The Morgan fingerprint density at radius 2 is 2.22 bits per heavy atom. The Morgan fingerprint density at radius 1 is 1.44 bits per heavy atom. The fourth-order valence-corrected chi connectivity index (χ4v) is 2.22. The number of carboxylic acid groups (broad SMARTS) is 1. The summed E-state index contributed by atoms with van der Waals surface area (Å²) in [5, 5.41) is 12.9. The zero-order valence-corrected chi connectivity index (χ0v) is 10.4. The van der Waals surface area contributed by atoms with E-state index in [1.54, 1.807) is 11.5 Å². The number of carbonyl (C=O) groups is 1. The molecule has 0 saturated heterocycles. The van der Waals surface area contributed by atoms with Crippen molar-refractivity contribution in [2.24, 2.45) is 0 Å². The summed E-state index contributed by atoms with van der Waals surface area (Å²) < 4.78 is 3.07. The van der Waals surface area contributed by atoms with Gasteiger partial charge in [-0.3, -0.25) is 4.57 Å². The Balaban J connectivity index is 2.25. The van der Waals surface area contributed by atoms with E-state index in [9.17, 15) is 9.59 Å². The Labute approximate surface area is 105 Å². The maximum Gasteiger partial charge on any atom is 0.346 e. The van der Waals surface area contributed by atoms with Gasteiger partial charge >= 0.3 is 11.7 Å². The van der Waals surface area contributed by atoms with Gasteiger partial charge in [-0.15, -0.1) is 0 Å². The molecule has 0 unspecified atom stereocenters. The highest BCUT2D eigenvalue weighted by molar-refractivity contribution is 5.80. The van der Waals surface area contributed by atoms with E-state index in [1.807, 2.05) is 0 Å². The second-order valence-corrected chi connectivity index (χ2v) is 4.65. The molecule has 98 valence electrons. The maximum atomic E-state index is 12.1. The first-order chi connectivity index (χ1) is 8.58. The van der Waals surface area contributed by atoms with Crippen molar-refractivity contribution in [1.82, 2.24) is 14.3 Å². The van der Waals surface area contributed by atoms with Crippen LogP contribution in [0.3, 0.4) is 0 Å². The summed E-state index contributed by atoms with van der Waals surface area (Å²) in [5.74, 6) is -0.179. The Kier molecular flexibility index (Phi) is 3.64. The highest BCUT2D eigenvalue weighted by Gasteiger charge is 2.15. The van der Waals surface area contributed by atoms with Crippen molar-refractivity contribution < 1.29 is 9.90 Å². The fourth-order valence-electron chi connectivity index (χ4n) is 2.22. The molecule has 1 N–H and O–H groups in total. The molecule has 6 nitrogen and oxygen atoms in total. The van der Waals surface area contributed by atoms with Crippen molar-refractivity contribution in [2.45, 2.75) is 45.7 Å². The highest BCUT2D eigenvalue weighted by atomic mass is 16.4. The van der Waals surface area contributed by atoms with Gasteiger partial charge in [0.2, 0.25) is 0 Å². The van der Waals surface area contributed by atoms with Gasteiger partial charge in [-0.1, -0.05) is 6.42 Å². The van der Waals surface area contributed by atoms with E-state index in [4.69, 9.17) is 5.11 Å². The predicted molar refractivity (Wildman–Crippen MR) is 65.4 cm³/mol. The first-order valence-corrected chi connectivity index (χ1v) is 6.14. The van der Waals surface area contributed by atoms with Crippen LogP contribution in [-0.4, -0.2) is 25.4 Å². The van der Waals surface area contributed by atoms with Crippen molar-refractivity contribution >= 4 is 5.97 Å². The monoisotopic (exact) mass is 251 g/mol. The standard InChI is InChI=1S/C12H17N3O3/c1-9(7-11(16)17)8-15-12(18)14-6-4-2-3-5-10(14)13-15/h7H,2-6,8H2,1H3,(H,16,17). The quantitative estimate of drug-likeness (QED) is 0.806. The van der Waals surface area contributed by atoms with Crippen LogP contribution in [-0.2, 0) is 24.3 Å². The second-order valence-electron chi connectivity index (χ2n) is 4.65. The van der Waals surface area contributed by atoms with Crippen LogP contribution in [0.1, 0.15) is 32.0 Å². The van der Waals surface area contributed by atoms with Crippen LogP contribution in [0.15, 0.2) is 16.4 Å². The van der Waals surface area contributed by atoms with Crippen molar-refractivity contribution in [3.63, 3.8) is 0 Å². The SMILES string of the molecule is CC(=CC(=O)O)Cn1nc2n(c1=O)CCCCC2. The van der Waals surface area contributed by atoms with E-state index in [2.05, 4.69) is 5.10 Å². The van der Waals surface area contributed by atoms with Crippen molar-refractivity contribution in [1.29, 1.82) is 0 Å². The summed E-state index contributed by atoms with van der Waals surface area (Å²) in [6.45, 7) is 2.64. The first-order valence-electron chi connectivity index (χ1n) is 6.14. The molecule has 2 rings (SSSR count). The molecule has 1 aromatic rings. The van der Waals surface area contributed by atoms with Gasteiger partial charge in [0.15, 0.2) is 0 Å². The molecule has 0 saturated carbocycles. The van der Waals surface area contributed by atoms with E-state index in [-0.39, 0.29) is 12.2 Å². The van der Waals surface area contributed by atoms with Gasteiger partial charge in [0, 0.05) is 19.0 Å². The minimum absolute atomic E-state index is 0.134. The lowest BCUT2D eigenvalue weighted by atomic mass is 10.2. The third-order valence-corrected chi connectivity index (χ3v) is 3.05. The van der Waals surface area contributed by atoms with Crippen molar-refractivity contribution in [3.05, 3.63) is 28.0 Å². The number of carboxylic acids is 1. The summed E-state index contributed by atoms with van der Waals surface area (Å²) in [4.78, 5) is 22.6. The third-order valence-electron chi connectivity index (χ3n) is 3.05. The Hall–Kier alpha value is -1.85. The van der Waals surface area contributed by atoms with Crippen molar-refractivity contribution in [2.75, 3.05) is 0 Å². The molecule has 18 heavy (non-hydrogen) atoms. The van der Waals surface area contributed by atoms with Gasteiger partial charge in [0.1, 0.15) is 5.82 Å². The van der Waals surface area contributed by atoms with Crippen LogP contribution >= 0.6 is 0 Å². The third kappa shape index (κ3) is 2.69. The minimum Gasteiger partial charge on any atom is -0.478 e. The average Bonchev–Trinajstić information content (AvgIpc) is 2.50. The number of hydrogen-bond donors (Lipinski definition) is 1. The van der Waals surface area contributed by atoms with E-state index in [0.717, 1.165) is 44.1 Å². The first kappa shape index (κ1) is 12.6. The number of nitrogens with zero attached hydrogens (tertiary/aromatic N) is 3. The molecule has 0 spiro atoms. The largest absolute Gasteiger partial charge is 0.478 e. The number of aryl methyl sites for hydroxylation is 1. The van der Waals surface area contributed by atoms with Crippen LogP contribution in [0.2, 0.25) is 0 Å². The molecule has 1 aliphatic rings. The summed E-state index contributed by atoms with van der Waals surface area (Å²) in [5.41, 5.74) is 0.475. The van der Waals surface area contributed by atoms with E-state index < -0.39 is 5.97 Å². The molecule has 0 aromatic carbocycles. The molecule has 2 heterocycles. The van der Waals surface area contributed by atoms with Crippen LogP contribution in [0.4, 0.5) is 0 Å². The smallest absolute Gasteiger partial charge is 0.346 e. The number of rotatable bonds is 3. The molecular weight excluding hydrogens is 234 g/mol. The number of allylic oxidation sites excluding steroid dienone is 1. The van der Waals surface area contributed by atoms with Crippen LogP contribution < -0.4 is 5.69 Å². The molecular formula is C12H17N3O3. The van der Waals surface area contributed by atoms with Gasteiger partial charge in [0.25, 0.3) is 0 Å². The molecule has 0 aliphatic carbocycles. The summed E-state index contributed by atoms with van der Waals surface area (Å²) >= 11 is 0. The zero-order chi connectivity index (χ0) is 13.1. The minimum atomic E-state index is -0.999.